The number of ether oxygens (including phenoxy) is 2. The third-order valence-electron chi connectivity index (χ3n) is 6.03. The maximum Gasteiger partial charge on any atom is 0.337 e. The molecule has 0 aliphatic carbocycles. The van der Waals surface area contributed by atoms with E-state index >= 15 is 0 Å². The Morgan fingerprint density at radius 2 is 1.62 bits per heavy atom. The molecule has 0 spiro atoms. The second-order valence-corrected chi connectivity index (χ2v) is 9.58. The van der Waals surface area contributed by atoms with Gasteiger partial charge in [-0.25, -0.2) is 4.79 Å². The van der Waals surface area contributed by atoms with Crippen molar-refractivity contribution in [3.05, 3.63) is 71.9 Å². The number of aryl methyl sites for hydroxylation is 1. The molecule has 5 nitrogen and oxygen atoms in total. The summed E-state index contributed by atoms with van der Waals surface area (Å²) in [5.41, 5.74) is 4.62. The Morgan fingerprint density at radius 3 is 2.26 bits per heavy atom. The molecule has 2 heterocycles. The van der Waals surface area contributed by atoms with Crippen molar-refractivity contribution in [2.45, 2.75) is 47.0 Å². The minimum absolute atomic E-state index is 0.289. The lowest BCUT2D eigenvalue weighted by atomic mass is 9.97. The van der Waals surface area contributed by atoms with E-state index in [4.69, 9.17) is 9.47 Å². The topological polar surface area (TPSA) is 57.0 Å². The summed E-state index contributed by atoms with van der Waals surface area (Å²) in [5, 5.41) is 1.11. The highest BCUT2D eigenvalue weighted by Crippen LogP contribution is 2.43. The van der Waals surface area contributed by atoms with Crippen molar-refractivity contribution < 1.29 is 19.1 Å². The molecule has 0 aliphatic rings. The van der Waals surface area contributed by atoms with Crippen LogP contribution in [0.25, 0.3) is 27.5 Å². The van der Waals surface area contributed by atoms with Gasteiger partial charge >= 0.3 is 11.9 Å². The van der Waals surface area contributed by atoms with E-state index in [1.165, 1.54) is 7.11 Å². The number of benzene rings is 2. The minimum Gasteiger partial charge on any atom is -0.465 e. The van der Waals surface area contributed by atoms with Crippen LogP contribution in [-0.2, 0) is 16.0 Å². The van der Waals surface area contributed by atoms with Crippen molar-refractivity contribution in [3.8, 4) is 16.9 Å². The van der Waals surface area contributed by atoms with Crippen molar-refractivity contribution in [2.24, 2.45) is 5.41 Å². The predicted molar refractivity (Wildman–Crippen MR) is 135 cm³/mol. The van der Waals surface area contributed by atoms with Gasteiger partial charge in [0.2, 0.25) is 0 Å². The average Bonchev–Trinajstić information content (AvgIpc) is 3.15. The SMILES string of the molecule is CCCCc1c(-c2ccc(C(=O)OC)cc2)c(OC(=O)C(C)(C)C)c2ccc3ccccc3n12. The summed E-state index contributed by atoms with van der Waals surface area (Å²) in [4.78, 5) is 25.0. The lowest BCUT2D eigenvalue weighted by molar-refractivity contribution is -0.142. The Morgan fingerprint density at radius 1 is 0.912 bits per heavy atom. The number of carbonyl (C=O) groups excluding carboxylic acids is 2. The fourth-order valence-corrected chi connectivity index (χ4v) is 4.16. The molecule has 0 saturated carbocycles. The normalized spacial score (nSPS) is 11.7. The van der Waals surface area contributed by atoms with E-state index in [9.17, 15) is 9.59 Å². The number of hydrogen-bond acceptors (Lipinski definition) is 4. The number of rotatable bonds is 6. The maximum absolute atomic E-state index is 13.0. The molecule has 0 atom stereocenters. The lowest BCUT2D eigenvalue weighted by Gasteiger charge is -2.17. The van der Waals surface area contributed by atoms with E-state index in [0.717, 1.165) is 52.5 Å². The number of unbranched alkanes of at least 4 members (excludes halogenated alkanes) is 1. The van der Waals surface area contributed by atoms with Crippen LogP contribution < -0.4 is 4.74 Å². The van der Waals surface area contributed by atoms with Crippen molar-refractivity contribution in [1.82, 2.24) is 4.40 Å². The first-order chi connectivity index (χ1) is 16.3. The number of methoxy groups -OCH3 is 1. The van der Waals surface area contributed by atoms with Gasteiger partial charge < -0.3 is 13.9 Å². The van der Waals surface area contributed by atoms with Crippen molar-refractivity contribution in [2.75, 3.05) is 7.11 Å². The van der Waals surface area contributed by atoms with E-state index < -0.39 is 5.41 Å². The molecule has 5 heteroatoms. The minimum atomic E-state index is -0.652. The molecule has 2 aromatic carbocycles. The first-order valence-electron chi connectivity index (χ1n) is 11.7. The molecular formula is C29H31NO4. The Balaban J connectivity index is 2.04. The predicted octanol–water partition coefficient (Wildman–Crippen LogP) is 6.84. The monoisotopic (exact) mass is 457 g/mol. The molecule has 0 radical (unpaired) electrons. The standard InChI is InChI=1S/C29H31NO4/c1-6-7-11-23-25(20-13-15-21(16-14-20)27(31)33-5)26(34-28(32)29(2,3)4)24-18-17-19-10-8-9-12-22(19)30(23)24/h8-10,12-18H,6-7,11H2,1-5H3. The van der Waals surface area contributed by atoms with E-state index in [-0.39, 0.29) is 11.9 Å². The third-order valence-corrected chi connectivity index (χ3v) is 6.03. The van der Waals surface area contributed by atoms with Gasteiger partial charge in [-0.15, -0.1) is 0 Å². The molecule has 0 amide bonds. The molecule has 0 unspecified atom stereocenters. The zero-order valence-corrected chi connectivity index (χ0v) is 20.5. The zero-order valence-electron chi connectivity index (χ0n) is 20.5. The zero-order chi connectivity index (χ0) is 24.5. The van der Waals surface area contributed by atoms with Crippen molar-refractivity contribution in [1.29, 1.82) is 0 Å². The highest BCUT2D eigenvalue weighted by atomic mass is 16.5. The molecule has 2 aromatic heterocycles. The second-order valence-electron chi connectivity index (χ2n) is 9.58. The molecule has 0 bridgehead atoms. The van der Waals surface area contributed by atoms with Gasteiger partial charge in [0, 0.05) is 11.3 Å². The van der Waals surface area contributed by atoms with Gasteiger partial charge in [0.05, 0.1) is 29.1 Å². The smallest absolute Gasteiger partial charge is 0.337 e. The van der Waals surface area contributed by atoms with E-state index in [1.807, 2.05) is 51.1 Å². The van der Waals surface area contributed by atoms with Crippen LogP contribution in [0.1, 0.15) is 56.6 Å². The fourth-order valence-electron chi connectivity index (χ4n) is 4.16. The van der Waals surface area contributed by atoms with Crippen molar-refractivity contribution in [3.63, 3.8) is 0 Å². The number of hydrogen-bond donors (Lipinski definition) is 0. The fraction of sp³-hybridized carbons (Fsp3) is 0.310. The number of nitrogens with zero attached hydrogens (tertiary/aromatic N) is 1. The molecule has 34 heavy (non-hydrogen) atoms. The van der Waals surface area contributed by atoms with E-state index in [2.05, 4.69) is 29.5 Å². The summed E-state index contributed by atoms with van der Waals surface area (Å²) in [6.45, 7) is 7.72. The maximum atomic E-state index is 13.0. The number of aromatic nitrogens is 1. The lowest BCUT2D eigenvalue weighted by Crippen LogP contribution is -2.25. The summed E-state index contributed by atoms with van der Waals surface area (Å²) in [6, 6.07) is 19.6. The third kappa shape index (κ3) is 4.30. The summed E-state index contributed by atoms with van der Waals surface area (Å²) >= 11 is 0. The number of para-hydroxylation sites is 1. The van der Waals surface area contributed by atoms with Gasteiger partial charge in [0.15, 0.2) is 5.75 Å². The Bertz CT molecular complexity index is 1360. The van der Waals surface area contributed by atoms with Crippen LogP contribution >= 0.6 is 0 Å². The Labute approximate surface area is 200 Å². The molecule has 0 saturated heterocycles. The van der Waals surface area contributed by atoms with Gasteiger partial charge in [0.1, 0.15) is 0 Å². The molecule has 4 rings (SSSR count). The second kappa shape index (κ2) is 9.34. The van der Waals surface area contributed by atoms with Crippen LogP contribution in [0, 0.1) is 5.41 Å². The average molecular weight is 458 g/mol. The molecule has 0 aliphatic heterocycles. The van der Waals surface area contributed by atoms with E-state index in [1.54, 1.807) is 12.1 Å². The van der Waals surface area contributed by atoms with Crippen LogP contribution in [0.3, 0.4) is 0 Å². The highest BCUT2D eigenvalue weighted by molar-refractivity contribution is 5.95. The van der Waals surface area contributed by atoms with Gasteiger partial charge in [0.25, 0.3) is 0 Å². The van der Waals surface area contributed by atoms with Gasteiger partial charge in [-0.1, -0.05) is 49.7 Å². The largest absolute Gasteiger partial charge is 0.465 e. The number of esters is 2. The summed E-state index contributed by atoms with van der Waals surface area (Å²) in [5.74, 6) is -0.115. The number of pyridine rings is 1. The van der Waals surface area contributed by atoms with Crippen LogP contribution in [0.4, 0.5) is 0 Å². The molecule has 0 N–H and O–H groups in total. The quantitative estimate of drug-likeness (QED) is 0.297. The molecular weight excluding hydrogens is 426 g/mol. The van der Waals surface area contributed by atoms with Crippen LogP contribution in [-0.4, -0.2) is 23.4 Å². The molecule has 0 fully saturated rings. The van der Waals surface area contributed by atoms with E-state index in [0.29, 0.717) is 11.3 Å². The Hall–Kier alpha value is -3.60. The van der Waals surface area contributed by atoms with Gasteiger partial charge in [-0.05, 0) is 68.8 Å². The first kappa shape index (κ1) is 23.6. The Kier molecular flexibility index (Phi) is 6.47. The summed E-state index contributed by atoms with van der Waals surface area (Å²) in [6.07, 6.45) is 2.86. The van der Waals surface area contributed by atoms with Crippen LogP contribution in [0.2, 0.25) is 0 Å². The highest BCUT2D eigenvalue weighted by Gasteiger charge is 2.29. The molecule has 4 aromatic rings. The molecule has 176 valence electrons. The summed E-state index contributed by atoms with van der Waals surface area (Å²) in [7, 11) is 1.37. The van der Waals surface area contributed by atoms with Gasteiger partial charge in [-0.3, -0.25) is 4.79 Å². The number of fused-ring (bicyclic) bond motifs is 3. The summed E-state index contributed by atoms with van der Waals surface area (Å²) < 4.78 is 13.2. The van der Waals surface area contributed by atoms with Crippen molar-refractivity contribution >= 4 is 28.4 Å². The van der Waals surface area contributed by atoms with Crippen LogP contribution in [0.15, 0.2) is 60.7 Å². The van der Waals surface area contributed by atoms with Crippen LogP contribution in [0.5, 0.6) is 5.75 Å². The van der Waals surface area contributed by atoms with Gasteiger partial charge in [-0.2, -0.15) is 0 Å². The number of carbonyl (C=O) groups is 2. The first-order valence-corrected chi connectivity index (χ1v) is 11.7.